The van der Waals surface area contributed by atoms with E-state index in [1.807, 2.05) is 12.3 Å². The molecule has 2 rings (SSSR count). The number of carboxylic acids is 1. The van der Waals surface area contributed by atoms with Crippen LogP contribution in [0.25, 0.3) is 5.69 Å². The minimum absolute atomic E-state index is 0.292. The van der Waals surface area contributed by atoms with Gasteiger partial charge < -0.3 is 9.67 Å². The van der Waals surface area contributed by atoms with Crippen molar-refractivity contribution < 1.29 is 9.90 Å². The van der Waals surface area contributed by atoms with Gasteiger partial charge in [-0.15, -0.1) is 0 Å². The van der Waals surface area contributed by atoms with E-state index >= 15 is 0 Å². The molecule has 4 nitrogen and oxygen atoms in total. The second-order valence-electron chi connectivity index (χ2n) is 4.55. The van der Waals surface area contributed by atoms with Crippen LogP contribution in [0.2, 0.25) is 0 Å². The van der Waals surface area contributed by atoms with Crippen LogP contribution in [0.15, 0.2) is 36.8 Å². The van der Waals surface area contributed by atoms with E-state index in [2.05, 4.69) is 11.9 Å². The first kappa shape index (κ1) is 13.3. The maximum absolute atomic E-state index is 11.2. The van der Waals surface area contributed by atoms with Gasteiger partial charge in [0.25, 0.3) is 0 Å². The molecule has 0 aliphatic carbocycles. The minimum atomic E-state index is -0.920. The lowest BCUT2D eigenvalue weighted by molar-refractivity contribution is 0.0697. The first-order chi connectivity index (χ1) is 9.22. The molecule has 1 aromatic carbocycles. The van der Waals surface area contributed by atoms with Crippen LogP contribution < -0.4 is 0 Å². The predicted molar refractivity (Wildman–Crippen MR) is 73.8 cm³/mol. The summed E-state index contributed by atoms with van der Waals surface area (Å²) in [5.74, 6) is -0.920. The highest BCUT2D eigenvalue weighted by Gasteiger charge is 2.11. The van der Waals surface area contributed by atoms with Crippen molar-refractivity contribution in [2.75, 3.05) is 0 Å². The summed E-state index contributed by atoms with van der Waals surface area (Å²) < 4.78 is 1.78. The second-order valence-corrected chi connectivity index (χ2v) is 4.55. The van der Waals surface area contributed by atoms with Crippen molar-refractivity contribution in [3.05, 3.63) is 48.0 Å². The number of carbonyl (C=O) groups is 1. The largest absolute Gasteiger partial charge is 0.478 e. The van der Waals surface area contributed by atoms with Crippen molar-refractivity contribution in [3.8, 4) is 5.69 Å². The zero-order valence-corrected chi connectivity index (χ0v) is 11.0. The number of unbranched alkanes of at least 4 members (excludes halogenated alkanes) is 2. The standard InChI is InChI=1S/C15H18N2O2/c1-2-3-4-7-12-10-17(11-16-12)14-9-6-5-8-13(14)15(18)19/h5-6,8-11H,2-4,7H2,1H3,(H,18,19). The van der Waals surface area contributed by atoms with Crippen LogP contribution in [0.1, 0.15) is 42.2 Å². The second kappa shape index (κ2) is 6.18. The number of carboxylic acid groups (broad SMARTS) is 1. The Hall–Kier alpha value is -2.10. The molecule has 1 heterocycles. The van der Waals surface area contributed by atoms with Crippen molar-refractivity contribution in [2.45, 2.75) is 32.6 Å². The van der Waals surface area contributed by atoms with Gasteiger partial charge >= 0.3 is 5.97 Å². The van der Waals surface area contributed by atoms with E-state index in [9.17, 15) is 9.90 Å². The fourth-order valence-corrected chi connectivity index (χ4v) is 2.06. The molecular weight excluding hydrogens is 240 g/mol. The third-order valence-electron chi connectivity index (χ3n) is 3.09. The summed E-state index contributed by atoms with van der Waals surface area (Å²) in [6.07, 6.45) is 8.03. The topological polar surface area (TPSA) is 55.1 Å². The van der Waals surface area contributed by atoms with Crippen LogP contribution in [0.5, 0.6) is 0 Å². The van der Waals surface area contributed by atoms with E-state index in [4.69, 9.17) is 0 Å². The molecular formula is C15H18N2O2. The van der Waals surface area contributed by atoms with E-state index in [1.54, 1.807) is 29.1 Å². The summed E-state index contributed by atoms with van der Waals surface area (Å²) in [5, 5.41) is 9.17. The molecule has 100 valence electrons. The van der Waals surface area contributed by atoms with Crippen molar-refractivity contribution in [1.29, 1.82) is 0 Å². The minimum Gasteiger partial charge on any atom is -0.478 e. The lowest BCUT2D eigenvalue weighted by Crippen LogP contribution is -2.03. The summed E-state index contributed by atoms with van der Waals surface area (Å²) in [6.45, 7) is 2.17. The molecule has 0 fully saturated rings. The molecule has 0 unspecified atom stereocenters. The van der Waals surface area contributed by atoms with E-state index in [0.717, 1.165) is 18.5 Å². The van der Waals surface area contributed by atoms with Crippen LogP contribution in [0.3, 0.4) is 0 Å². The van der Waals surface area contributed by atoms with E-state index in [1.165, 1.54) is 12.8 Å². The summed E-state index contributed by atoms with van der Waals surface area (Å²) >= 11 is 0. The molecule has 0 bridgehead atoms. The van der Waals surface area contributed by atoms with Gasteiger partial charge in [0.2, 0.25) is 0 Å². The van der Waals surface area contributed by atoms with Crippen LogP contribution in [-0.4, -0.2) is 20.6 Å². The number of hydrogen-bond acceptors (Lipinski definition) is 2. The SMILES string of the molecule is CCCCCc1cn(-c2ccccc2C(=O)O)cn1. The Morgan fingerprint density at radius 2 is 2.11 bits per heavy atom. The van der Waals surface area contributed by atoms with E-state index in [0.29, 0.717) is 11.3 Å². The van der Waals surface area contributed by atoms with E-state index < -0.39 is 5.97 Å². The smallest absolute Gasteiger partial charge is 0.337 e. The summed E-state index contributed by atoms with van der Waals surface area (Å²) in [4.78, 5) is 15.5. The molecule has 19 heavy (non-hydrogen) atoms. The first-order valence-electron chi connectivity index (χ1n) is 6.58. The maximum atomic E-state index is 11.2. The lowest BCUT2D eigenvalue weighted by atomic mass is 10.1. The van der Waals surface area contributed by atoms with Crippen LogP contribution in [0.4, 0.5) is 0 Å². The number of aromatic nitrogens is 2. The van der Waals surface area contributed by atoms with Crippen molar-refractivity contribution in [3.63, 3.8) is 0 Å². The number of rotatable bonds is 6. The summed E-state index contributed by atoms with van der Waals surface area (Å²) in [7, 11) is 0. The Morgan fingerprint density at radius 3 is 2.84 bits per heavy atom. The third kappa shape index (κ3) is 3.22. The Kier molecular flexibility index (Phi) is 4.34. The Bertz CT molecular complexity index is 561. The summed E-state index contributed by atoms with van der Waals surface area (Å²) in [5.41, 5.74) is 1.96. The van der Waals surface area contributed by atoms with Crippen LogP contribution in [-0.2, 0) is 6.42 Å². The Labute approximate surface area is 112 Å². The highest BCUT2D eigenvalue weighted by Crippen LogP contribution is 2.15. The van der Waals surface area contributed by atoms with Gasteiger partial charge in [-0.05, 0) is 25.0 Å². The lowest BCUT2D eigenvalue weighted by Gasteiger charge is -2.05. The average molecular weight is 258 g/mol. The molecule has 0 saturated heterocycles. The molecule has 0 atom stereocenters. The van der Waals surface area contributed by atoms with Gasteiger partial charge in [-0.3, -0.25) is 0 Å². The Morgan fingerprint density at radius 1 is 1.32 bits per heavy atom. The van der Waals surface area contributed by atoms with Crippen molar-refractivity contribution in [2.24, 2.45) is 0 Å². The number of para-hydroxylation sites is 1. The van der Waals surface area contributed by atoms with Gasteiger partial charge in [0.1, 0.15) is 0 Å². The fourth-order valence-electron chi connectivity index (χ4n) is 2.06. The molecule has 2 aromatic rings. The number of nitrogens with zero attached hydrogens (tertiary/aromatic N) is 2. The van der Waals surface area contributed by atoms with Crippen LogP contribution in [0, 0.1) is 0 Å². The predicted octanol–water partition coefficient (Wildman–Crippen LogP) is 3.30. The first-order valence-corrected chi connectivity index (χ1v) is 6.58. The zero-order valence-electron chi connectivity index (χ0n) is 11.0. The van der Waals surface area contributed by atoms with Crippen molar-refractivity contribution in [1.82, 2.24) is 9.55 Å². The number of benzene rings is 1. The molecule has 0 spiro atoms. The quantitative estimate of drug-likeness (QED) is 0.809. The van der Waals surface area contributed by atoms with Gasteiger partial charge in [-0.2, -0.15) is 0 Å². The zero-order chi connectivity index (χ0) is 13.7. The number of imidazole rings is 1. The number of aromatic carboxylic acids is 1. The third-order valence-corrected chi connectivity index (χ3v) is 3.09. The molecule has 0 radical (unpaired) electrons. The highest BCUT2D eigenvalue weighted by molar-refractivity contribution is 5.91. The monoisotopic (exact) mass is 258 g/mol. The van der Waals surface area contributed by atoms with Gasteiger partial charge in [0, 0.05) is 6.20 Å². The van der Waals surface area contributed by atoms with Gasteiger partial charge in [0.15, 0.2) is 0 Å². The van der Waals surface area contributed by atoms with Crippen molar-refractivity contribution >= 4 is 5.97 Å². The molecule has 0 aliphatic heterocycles. The fraction of sp³-hybridized carbons (Fsp3) is 0.333. The Balaban J connectivity index is 2.21. The van der Waals surface area contributed by atoms with Crippen LogP contribution >= 0.6 is 0 Å². The number of hydrogen-bond donors (Lipinski definition) is 1. The maximum Gasteiger partial charge on any atom is 0.337 e. The van der Waals surface area contributed by atoms with Gasteiger partial charge in [0.05, 0.1) is 23.3 Å². The normalized spacial score (nSPS) is 10.6. The molecule has 1 aromatic heterocycles. The average Bonchev–Trinajstić information content (AvgIpc) is 2.88. The van der Waals surface area contributed by atoms with Gasteiger partial charge in [-0.1, -0.05) is 31.9 Å². The highest BCUT2D eigenvalue weighted by atomic mass is 16.4. The van der Waals surface area contributed by atoms with E-state index in [-0.39, 0.29) is 0 Å². The molecule has 0 saturated carbocycles. The molecule has 4 heteroatoms. The number of aryl methyl sites for hydroxylation is 1. The van der Waals surface area contributed by atoms with Gasteiger partial charge in [-0.25, -0.2) is 9.78 Å². The summed E-state index contributed by atoms with van der Waals surface area (Å²) in [6, 6.07) is 6.96. The molecule has 1 N–H and O–H groups in total. The molecule has 0 amide bonds. The molecule has 0 aliphatic rings.